The first-order valence-corrected chi connectivity index (χ1v) is 4.62. The van der Waals surface area contributed by atoms with Crippen molar-refractivity contribution >= 4 is 16.5 Å². The van der Waals surface area contributed by atoms with E-state index in [0.29, 0.717) is 5.13 Å². The van der Waals surface area contributed by atoms with Crippen LogP contribution in [0.15, 0.2) is 0 Å². The van der Waals surface area contributed by atoms with Crippen molar-refractivity contribution < 1.29 is 0 Å². The van der Waals surface area contributed by atoms with Gasteiger partial charge in [0.05, 0.1) is 5.69 Å². The van der Waals surface area contributed by atoms with Crippen LogP contribution < -0.4 is 11.1 Å². The van der Waals surface area contributed by atoms with Crippen LogP contribution in [0.5, 0.6) is 0 Å². The Labute approximate surface area is 69.6 Å². The van der Waals surface area contributed by atoms with E-state index in [-0.39, 0.29) is 0 Å². The third-order valence-electron chi connectivity index (χ3n) is 1.85. The monoisotopic (exact) mass is 169 g/mol. The van der Waals surface area contributed by atoms with Gasteiger partial charge in [-0.2, -0.15) is 0 Å². The fourth-order valence-corrected chi connectivity index (χ4v) is 2.17. The SMILES string of the molecule is Nc1nc2c(s1)CNCCC2. The first-order valence-electron chi connectivity index (χ1n) is 3.81. The molecule has 3 N–H and O–H groups in total. The highest BCUT2D eigenvalue weighted by Gasteiger charge is 2.11. The predicted molar refractivity (Wildman–Crippen MR) is 46.6 cm³/mol. The molecular weight excluding hydrogens is 158 g/mol. The van der Waals surface area contributed by atoms with Gasteiger partial charge in [0.25, 0.3) is 0 Å². The maximum Gasteiger partial charge on any atom is 0.180 e. The summed E-state index contributed by atoms with van der Waals surface area (Å²) in [6.07, 6.45) is 2.26. The van der Waals surface area contributed by atoms with E-state index in [1.54, 1.807) is 11.3 Å². The van der Waals surface area contributed by atoms with Crippen LogP contribution >= 0.6 is 11.3 Å². The summed E-state index contributed by atoms with van der Waals surface area (Å²) in [5.41, 5.74) is 6.80. The molecule has 60 valence electrons. The number of hydrogen-bond acceptors (Lipinski definition) is 4. The van der Waals surface area contributed by atoms with Crippen LogP contribution in [0.4, 0.5) is 5.13 Å². The lowest BCUT2D eigenvalue weighted by atomic mass is 10.2. The van der Waals surface area contributed by atoms with Gasteiger partial charge in [0.15, 0.2) is 5.13 Å². The minimum atomic E-state index is 0.707. The predicted octanol–water partition coefficient (Wildman–Crippen LogP) is 0.761. The number of aryl methyl sites for hydroxylation is 1. The second-order valence-corrected chi connectivity index (χ2v) is 3.82. The molecule has 0 aromatic carbocycles. The van der Waals surface area contributed by atoms with E-state index < -0.39 is 0 Å². The molecule has 1 aromatic rings. The molecule has 1 aliphatic rings. The van der Waals surface area contributed by atoms with Crippen molar-refractivity contribution in [1.29, 1.82) is 0 Å². The van der Waals surface area contributed by atoms with Gasteiger partial charge in [0.2, 0.25) is 0 Å². The molecular formula is C7H11N3S. The molecule has 2 heterocycles. The average molecular weight is 169 g/mol. The van der Waals surface area contributed by atoms with E-state index in [0.717, 1.165) is 19.5 Å². The van der Waals surface area contributed by atoms with E-state index >= 15 is 0 Å². The molecule has 0 fully saturated rings. The lowest BCUT2D eigenvalue weighted by molar-refractivity contribution is 0.682. The average Bonchev–Trinajstić information content (AvgIpc) is 2.17. The van der Waals surface area contributed by atoms with Crippen molar-refractivity contribution in [2.45, 2.75) is 19.4 Å². The maximum absolute atomic E-state index is 5.59. The van der Waals surface area contributed by atoms with Gasteiger partial charge >= 0.3 is 0 Å². The third kappa shape index (κ3) is 1.36. The summed E-state index contributed by atoms with van der Waals surface area (Å²) in [5, 5.41) is 4.04. The molecule has 1 aliphatic heterocycles. The van der Waals surface area contributed by atoms with Crippen LogP contribution in [-0.2, 0) is 13.0 Å². The van der Waals surface area contributed by atoms with Crippen molar-refractivity contribution in [3.05, 3.63) is 10.6 Å². The molecule has 0 saturated carbocycles. The molecule has 0 saturated heterocycles. The molecule has 4 heteroatoms. The normalized spacial score (nSPS) is 17.5. The molecule has 1 aromatic heterocycles. The number of fused-ring (bicyclic) bond motifs is 1. The molecule has 0 unspecified atom stereocenters. The van der Waals surface area contributed by atoms with Crippen molar-refractivity contribution in [2.24, 2.45) is 0 Å². The Bertz CT molecular complexity index is 233. The molecule has 11 heavy (non-hydrogen) atoms. The zero-order valence-electron chi connectivity index (χ0n) is 6.26. The van der Waals surface area contributed by atoms with Crippen molar-refractivity contribution in [3.8, 4) is 0 Å². The van der Waals surface area contributed by atoms with Gasteiger partial charge in [-0.05, 0) is 19.4 Å². The smallest absolute Gasteiger partial charge is 0.180 e. The van der Waals surface area contributed by atoms with Crippen LogP contribution in [0.2, 0.25) is 0 Å². The lowest BCUT2D eigenvalue weighted by Gasteiger charge is -1.93. The quantitative estimate of drug-likeness (QED) is 0.603. The van der Waals surface area contributed by atoms with Gasteiger partial charge in [-0.3, -0.25) is 0 Å². The number of rotatable bonds is 0. The first kappa shape index (κ1) is 7.06. The minimum absolute atomic E-state index is 0.707. The van der Waals surface area contributed by atoms with Crippen LogP contribution in [0.25, 0.3) is 0 Å². The van der Waals surface area contributed by atoms with E-state index in [4.69, 9.17) is 5.73 Å². The van der Waals surface area contributed by atoms with Gasteiger partial charge in [0.1, 0.15) is 0 Å². The molecule has 2 rings (SSSR count). The Morgan fingerprint density at radius 2 is 2.45 bits per heavy atom. The van der Waals surface area contributed by atoms with Gasteiger partial charge in [-0.25, -0.2) is 4.98 Å². The summed E-state index contributed by atoms with van der Waals surface area (Å²) in [6, 6.07) is 0. The zero-order chi connectivity index (χ0) is 7.68. The van der Waals surface area contributed by atoms with Crippen molar-refractivity contribution in [2.75, 3.05) is 12.3 Å². The summed E-state index contributed by atoms with van der Waals surface area (Å²) in [7, 11) is 0. The van der Waals surface area contributed by atoms with E-state index in [2.05, 4.69) is 10.3 Å². The number of nitrogens with one attached hydrogen (secondary N) is 1. The number of nitrogens with zero attached hydrogens (tertiary/aromatic N) is 1. The molecule has 3 nitrogen and oxygen atoms in total. The van der Waals surface area contributed by atoms with Crippen LogP contribution in [0, 0.1) is 0 Å². The summed E-state index contributed by atoms with van der Waals surface area (Å²) in [6.45, 7) is 2.05. The first-order chi connectivity index (χ1) is 5.36. The van der Waals surface area contributed by atoms with Gasteiger partial charge in [0, 0.05) is 11.4 Å². The zero-order valence-corrected chi connectivity index (χ0v) is 7.08. The Hall–Kier alpha value is -0.610. The Morgan fingerprint density at radius 1 is 1.55 bits per heavy atom. The fraction of sp³-hybridized carbons (Fsp3) is 0.571. The molecule has 0 amide bonds. The van der Waals surface area contributed by atoms with E-state index in [9.17, 15) is 0 Å². The summed E-state index contributed by atoms with van der Waals surface area (Å²) < 4.78 is 0. The highest BCUT2D eigenvalue weighted by Crippen LogP contribution is 2.22. The molecule has 0 aliphatic carbocycles. The van der Waals surface area contributed by atoms with Crippen LogP contribution in [-0.4, -0.2) is 11.5 Å². The van der Waals surface area contributed by atoms with Crippen molar-refractivity contribution in [3.63, 3.8) is 0 Å². The lowest BCUT2D eigenvalue weighted by Crippen LogP contribution is -2.11. The standard InChI is InChI=1S/C7H11N3S/c8-7-10-5-2-1-3-9-4-6(5)11-7/h9H,1-4H2,(H2,8,10). The van der Waals surface area contributed by atoms with E-state index in [1.807, 2.05) is 0 Å². The number of aromatic nitrogens is 1. The number of nitrogens with two attached hydrogens (primary N) is 1. The number of hydrogen-bond donors (Lipinski definition) is 2. The number of nitrogen functional groups attached to an aromatic ring is 1. The summed E-state index contributed by atoms with van der Waals surface area (Å²) in [4.78, 5) is 5.59. The topological polar surface area (TPSA) is 50.9 Å². The minimum Gasteiger partial charge on any atom is -0.375 e. The molecule has 0 bridgehead atoms. The Kier molecular flexibility index (Phi) is 1.79. The molecule has 0 atom stereocenters. The highest BCUT2D eigenvalue weighted by atomic mass is 32.1. The molecule has 0 radical (unpaired) electrons. The van der Waals surface area contributed by atoms with Gasteiger partial charge in [-0.1, -0.05) is 0 Å². The second kappa shape index (κ2) is 2.79. The van der Waals surface area contributed by atoms with Crippen molar-refractivity contribution in [1.82, 2.24) is 10.3 Å². The van der Waals surface area contributed by atoms with Crippen LogP contribution in [0.1, 0.15) is 17.0 Å². The summed E-state index contributed by atoms with van der Waals surface area (Å²) >= 11 is 1.61. The fourth-order valence-electron chi connectivity index (χ4n) is 1.32. The maximum atomic E-state index is 5.59. The summed E-state index contributed by atoms with van der Waals surface area (Å²) in [5.74, 6) is 0. The Morgan fingerprint density at radius 3 is 3.36 bits per heavy atom. The van der Waals surface area contributed by atoms with E-state index in [1.165, 1.54) is 17.0 Å². The van der Waals surface area contributed by atoms with Crippen LogP contribution in [0.3, 0.4) is 0 Å². The second-order valence-electron chi connectivity index (χ2n) is 2.70. The number of thiazole rings is 1. The largest absolute Gasteiger partial charge is 0.375 e. The van der Waals surface area contributed by atoms with Gasteiger partial charge in [-0.15, -0.1) is 11.3 Å². The molecule has 0 spiro atoms. The van der Waals surface area contributed by atoms with Gasteiger partial charge < -0.3 is 11.1 Å². The Balaban J connectivity index is 2.32. The number of anilines is 1. The third-order valence-corrected chi connectivity index (χ3v) is 2.77. The highest BCUT2D eigenvalue weighted by molar-refractivity contribution is 7.15.